The molecule has 94 valence electrons. The molecule has 0 fully saturated rings. The maximum atomic E-state index is 13.4. The van der Waals surface area contributed by atoms with E-state index in [0.29, 0.717) is 17.5 Å². The molecule has 1 N–H and O–H groups in total. The first-order chi connectivity index (χ1) is 8.08. The summed E-state index contributed by atoms with van der Waals surface area (Å²) in [4.78, 5) is 11.7. The van der Waals surface area contributed by atoms with E-state index in [4.69, 9.17) is 11.6 Å². The maximum Gasteiger partial charge on any atom is 0.254 e. The lowest BCUT2D eigenvalue weighted by atomic mass is 10.0. The number of amides is 1. The van der Waals surface area contributed by atoms with Gasteiger partial charge in [0.05, 0.1) is 5.56 Å². The number of hydrogen-bond donors (Lipinski definition) is 1. The van der Waals surface area contributed by atoms with Gasteiger partial charge in [-0.05, 0) is 24.1 Å². The van der Waals surface area contributed by atoms with Crippen molar-refractivity contribution in [3.05, 3.63) is 34.6 Å². The van der Waals surface area contributed by atoms with Gasteiger partial charge >= 0.3 is 0 Å². The largest absolute Gasteiger partial charge is 0.352 e. The second-order valence-corrected chi connectivity index (χ2v) is 4.45. The number of benzene rings is 1. The molecule has 0 saturated carbocycles. The van der Waals surface area contributed by atoms with Crippen LogP contribution in [-0.4, -0.2) is 12.5 Å². The predicted molar refractivity (Wildman–Crippen MR) is 67.8 cm³/mol. The molecular formula is C13H17ClFNO. The number of halogens is 2. The highest BCUT2D eigenvalue weighted by atomic mass is 35.5. The van der Waals surface area contributed by atoms with Gasteiger partial charge in [0.1, 0.15) is 5.82 Å². The van der Waals surface area contributed by atoms with Crippen LogP contribution in [0.5, 0.6) is 0 Å². The Balaban J connectivity index is 2.66. The summed E-state index contributed by atoms with van der Waals surface area (Å²) in [6.07, 6.45) is 1.99. The second-order valence-electron chi connectivity index (χ2n) is 4.02. The van der Waals surface area contributed by atoms with Crippen LogP contribution >= 0.6 is 11.6 Å². The van der Waals surface area contributed by atoms with Crippen LogP contribution in [-0.2, 0) is 0 Å². The minimum atomic E-state index is -0.545. The minimum Gasteiger partial charge on any atom is -0.352 e. The van der Waals surface area contributed by atoms with Crippen molar-refractivity contribution in [1.82, 2.24) is 5.32 Å². The fourth-order valence-electron chi connectivity index (χ4n) is 1.58. The zero-order valence-electron chi connectivity index (χ0n) is 10.1. The third-order valence-electron chi connectivity index (χ3n) is 2.88. The van der Waals surface area contributed by atoms with Crippen LogP contribution in [0.3, 0.4) is 0 Å². The fraction of sp³-hybridized carbons (Fsp3) is 0.462. The zero-order valence-corrected chi connectivity index (χ0v) is 10.9. The Morgan fingerprint density at radius 1 is 1.41 bits per heavy atom. The Morgan fingerprint density at radius 2 is 2.06 bits per heavy atom. The summed E-state index contributed by atoms with van der Waals surface area (Å²) in [6.45, 7) is 4.71. The third kappa shape index (κ3) is 4.00. The van der Waals surface area contributed by atoms with Crippen LogP contribution in [0.1, 0.15) is 37.0 Å². The van der Waals surface area contributed by atoms with Crippen molar-refractivity contribution < 1.29 is 9.18 Å². The summed E-state index contributed by atoms with van der Waals surface area (Å²) in [5.74, 6) is -0.519. The number of hydrogen-bond acceptors (Lipinski definition) is 1. The number of carbonyl (C=O) groups is 1. The fourth-order valence-corrected chi connectivity index (χ4v) is 1.75. The molecule has 0 bridgehead atoms. The number of nitrogens with one attached hydrogen (secondary N) is 1. The van der Waals surface area contributed by atoms with E-state index in [1.807, 2.05) is 0 Å². The quantitative estimate of drug-likeness (QED) is 0.857. The first-order valence-electron chi connectivity index (χ1n) is 5.81. The lowest BCUT2D eigenvalue weighted by Gasteiger charge is -2.13. The van der Waals surface area contributed by atoms with Crippen molar-refractivity contribution >= 4 is 17.5 Å². The molecule has 0 aliphatic rings. The van der Waals surface area contributed by atoms with Crippen LogP contribution in [0.25, 0.3) is 0 Å². The van der Waals surface area contributed by atoms with Gasteiger partial charge in [0.2, 0.25) is 0 Å². The molecular weight excluding hydrogens is 241 g/mol. The van der Waals surface area contributed by atoms with Gasteiger partial charge in [0.25, 0.3) is 5.91 Å². The van der Waals surface area contributed by atoms with Gasteiger partial charge in [-0.3, -0.25) is 4.79 Å². The van der Waals surface area contributed by atoms with Gasteiger partial charge in [-0.2, -0.15) is 0 Å². The molecule has 0 aromatic heterocycles. The van der Waals surface area contributed by atoms with Crippen molar-refractivity contribution in [2.45, 2.75) is 26.7 Å². The normalized spacial score (nSPS) is 10.6. The Labute approximate surface area is 106 Å². The first-order valence-corrected chi connectivity index (χ1v) is 6.19. The molecule has 0 aliphatic carbocycles. The Morgan fingerprint density at radius 3 is 2.65 bits per heavy atom. The van der Waals surface area contributed by atoms with E-state index in [2.05, 4.69) is 19.2 Å². The first kappa shape index (κ1) is 14.0. The van der Waals surface area contributed by atoms with Gasteiger partial charge in [-0.1, -0.05) is 38.3 Å². The monoisotopic (exact) mass is 257 g/mol. The van der Waals surface area contributed by atoms with Gasteiger partial charge in [0, 0.05) is 11.6 Å². The van der Waals surface area contributed by atoms with Crippen molar-refractivity contribution in [2.75, 3.05) is 6.54 Å². The predicted octanol–water partition coefficient (Wildman–Crippen LogP) is 3.65. The van der Waals surface area contributed by atoms with Crippen molar-refractivity contribution in [1.29, 1.82) is 0 Å². The van der Waals surface area contributed by atoms with Crippen LogP contribution < -0.4 is 5.32 Å². The molecule has 0 saturated heterocycles. The van der Waals surface area contributed by atoms with E-state index < -0.39 is 11.7 Å². The number of rotatable bonds is 5. The summed E-state index contributed by atoms with van der Waals surface area (Å²) >= 11 is 5.73. The molecule has 0 radical (unpaired) electrons. The smallest absolute Gasteiger partial charge is 0.254 e. The Bertz CT molecular complexity index is 391. The molecule has 1 amide bonds. The van der Waals surface area contributed by atoms with Gasteiger partial charge in [-0.15, -0.1) is 0 Å². The molecule has 0 aliphatic heterocycles. The average molecular weight is 258 g/mol. The van der Waals surface area contributed by atoms with E-state index >= 15 is 0 Å². The molecule has 1 rings (SSSR count). The van der Waals surface area contributed by atoms with Crippen LogP contribution in [0, 0.1) is 11.7 Å². The second kappa shape index (κ2) is 6.60. The van der Waals surface area contributed by atoms with E-state index in [-0.39, 0.29) is 5.56 Å². The topological polar surface area (TPSA) is 29.1 Å². The third-order valence-corrected chi connectivity index (χ3v) is 3.11. The average Bonchev–Trinajstić information content (AvgIpc) is 2.33. The van der Waals surface area contributed by atoms with E-state index in [0.717, 1.165) is 12.8 Å². The van der Waals surface area contributed by atoms with Gasteiger partial charge in [-0.25, -0.2) is 4.39 Å². The number of carbonyl (C=O) groups excluding carboxylic acids is 1. The lowest BCUT2D eigenvalue weighted by Crippen LogP contribution is -2.29. The molecule has 17 heavy (non-hydrogen) atoms. The van der Waals surface area contributed by atoms with Gasteiger partial charge < -0.3 is 5.32 Å². The SMILES string of the molecule is CCC(CC)CNC(=O)c1cc(Cl)ccc1F. The van der Waals surface area contributed by atoms with Gasteiger partial charge in [0.15, 0.2) is 0 Å². The van der Waals surface area contributed by atoms with Crippen LogP contribution in [0.4, 0.5) is 4.39 Å². The summed E-state index contributed by atoms with van der Waals surface area (Å²) < 4.78 is 13.4. The maximum absolute atomic E-state index is 13.4. The van der Waals surface area contributed by atoms with Crippen LogP contribution in [0.2, 0.25) is 5.02 Å². The standard InChI is InChI=1S/C13H17ClFNO/c1-3-9(4-2)8-16-13(17)11-7-10(14)5-6-12(11)15/h5-7,9H,3-4,8H2,1-2H3,(H,16,17). The summed E-state index contributed by atoms with van der Waals surface area (Å²) in [7, 11) is 0. The molecule has 1 aromatic carbocycles. The van der Waals surface area contributed by atoms with Crippen LogP contribution in [0.15, 0.2) is 18.2 Å². The molecule has 2 nitrogen and oxygen atoms in total. The molecule has 0 spiro atoms. The van der Waals surface area contributed by atoms with E-state index in [9.17, 15) is 9.18 Å². The molecule has 1 aromatic rings. The molecule has 4 heteroatoms. The highest BCUT2D eigenvalue weighted by molar-refractivity contribution is 6.30. The highest BCUT2D eigenvalue weighted by Gasteiger charge is 2.13. The minimum absolute atomic E-state index is 0.00320. The Hall–Kier alpha value is -1.09. The zero-order chi connectivity index (χ0) is 12.8. The summed E-state index contributed by atoms with van der Waals surface area (Å²) in [5.41, 5.74) is 0.00320. The Kier molecular flexibility index (Phi) is 5.42. The molecule has 0 unspecified atom stereocenters. The summed E-state index contributed by atoms with van der Waals surface area (Å²) in [5, 5.41) is 3.09. The van der Waals surface area contributed by atoms with Crippen molar-refractivity contribution in [2.24, 2.45) is 5.92 Å². The molecule has 0 heterocycles. The lowest BCUT2D eigenvalue weighted by molar-refractivity contribution is 0.0942. The van der Waals surface area contributed by atoms with E-state index in [1.165, 1.54) is 18.2 Å². The van der Waals surface area contributed by atoms with E-state index in [1.54, 1.807) is 0 Å². The van der Waals surface area contributed by atoms with Crippen molar-refractivity contribution in [3.63, 3.8) is 0 Å². The highest BCUT2D eigenvalue weighted by Crippen LogP contribution is 2.15. The summed E-state index contributed by atoms with van der Waals surface area (Å²) in [6, 6.07) is 3.97. The van der Waals surface area contributed by atoms with Crippen molar-refractivity contribution in [3.8, 4) is 0 Å². The molecule has 0 atom stereocenters.